The Labute approximate surface area is 135 Å². The number of nitrogens with zero attached hydrogens (tertiary/aromatic N) is 2. The van der Waals surface area contributed by atoms with Gasteiger partial charge < -0.3 is 14.3 Å². The van der Waals surface area contributed by atoms with E-state index in [4.69, 9.17) is 20.5 Å². The minimum absolute atomic E-state index is 0.0834. The molecule has 0 saturated carbocycles. The zero-order valence-electron chi connectivity index (χ0n) is 11.9. The number of nitrogens with one attached hydrogen (secondary N) is 1. The highest BCUT2D eigenvalue weighted by Crippen LogP contribution is 2.20. The fourth-order valence-corrected chi connectivity index (χ4v) is 2.04. The number of carbonyl (C=O) groups is 1. The van der Waals surface area contributed by atoms with Gasteiger partial charge in [-0.2, -0.15) is 4.98 Å². The van der Waals surface area contributed by atoms with Crippen LogP contribution in [0.5, 0.6) is 0 Å². The van der Waals surface area contributed by atoms with Crippen molar-refractivity contribution in [3.63, 3.8) is 0 Å². The van der Waals surface area contributed by atoms with Crippen LogP contribution in [0.4, 0.5) is 4.39 Å². The predicted molar refractivity (Wildman–Crippen MR) is 79.3 cm³/mol. The molecule has 0 unspecified atom stereocenters. The van der Waals surface area contributed by atoms with Gasteiger partial charge in [0.2, 0.25) is 11.7 Å². The van der Waals surface area contributed by atoms with E-state index in [1.54, 1.807) is 6.92 Å². The zero-order valence-corrected chi connectivity index (χ0v) is 12.7. The SMILES string of the molecule is C[C@@H](NC(=O)c1ccc(Cl)o1)c1nc(-c2ccc(F)cc2)no1. The number of rotatable bonds is 4. The van der Waals surface area contributed by atoms with E-state index in [1.807, 2.05) is 0 Å². The molecular formula is C15H11ClFN3O3. The molecule has 1 atom stereocenters. The third-order valence-electron chi connectivity index (χ3n) is 3.06. The van der Waals surface area contributed by atoms with Crippen molar-refractivity contribution < 1.29 is 18.1 Å². The van der Waals surface area contributed by atoms with Crippen LogP contribution in [-0.2, 0) is 0 Å². The first-order valence-corrected chi connectivity index (χ1v) is 7.06. The molecule has 0 bridgehead atoms. The van der Waals surface area contributed by atoms with E-state index in [0.29, 0.717) is 11.4 Å². The van der Waals surface area contributed by atoms with Gasteiger partial charge >= 0.3 is 0 Å². The molecule has 3 rings (SSSR count). The maximum Gasteiger partial charge on any atom is 0.287 e. The lowest BCUT2D eigenvalue weighted by atomic mass is 10.2. The van der Waals surface area contributed by atoms with Crippen molar-refractivity contribution >= 4 is 17.5 Å². The quantitative estimate of drug-likeness (QED) is 0.787. The number of hydrogen-bond donors (Lipinski definition) is 1. The molecule has 2 aromatic heterocycles. The van der Waals surface area contributed by atoms with E-state index in [1.165, 1.54) is 36.4 Å². The summed E-state index contributed by atoms with van der Waals surface area (Å²) in [6, 6.07) is 8.08. The van der Waals surface area contributed by atoms with Gasteiger partial charge in [0.05, 0.1) is 0 Å². The molecule has 0 fully saturated rings. The molecule has 0 aliphatic heterocycles. The molecule has 1 aromatic carbocycles. The van der Waals surface area contributed by atoms with Gasteiger partial charge in [0.1, 0.15) is 11.9 Å². The molecule has 8 heteroatoms. The van der Waals surface area contributed by atoms with Crippen LogP contribution in [-0.4, -0.2) is 16.0 Å². The topological polar surface area (TPSA) is 81.2 Å². The monoisotopic (exact) mass is 335 g/mol. The summed E-state index contributed by atoms with van der Waals surface area (Å²) in [5, 5.41) is 6.59. The van der Waals surface area contributed by atoms with Crippen LogP contribution < -0.4 is 5.32 Å². The van der Waals surface area contributed by atoms with Gasteiger partial charge in [-0.25, -0.2) is 4.39 Å². The Kier molecular flexibility index (Phi) is 4.12. The number of amides is 1. The van der Waals surface area contributed by atoms with E-state index < -0.39 is 11.9 Å². The molecule has 0 radical (unpaired) electrons. The lowest BCUT2D eigenvalue weighted by molar-refractivity contribution is 0.0904. The van der Waals surface area contributed by atoms with Crippen LogP contribution in [0.1, 0.15) is 29.4 Å². The lowest BCUT2D eigenvalue weighted by Gasteiger charge is -2.07. The average Bonchev–Trinajstić information content (AvgIpc) is 3.17. The number of carbonyl (C=O) groups excluding carboxylic acids is 1. The summed E-state index contributed by atoms with van der Waals surface area (Å²) in [6.07, 6.45) is 0. The first kappa shape index (κ1) is 15.2. The van der Waals surface area contributed by atoms with Crippen LogP contribution in [0, 0.1) is 5.82 Å². The minimum Gasteiger partial charge on any atom is -0.440 e. The normalized spacial score (nSPS) is 12.1. The van der Waals surface area contributed by atoms with Gasteiger partial charge in [0, 0.05) is 5.56 Å². The van der Waals surface area contributed by atoms with Crippen LogP contribution in [0.25, 0.3) is 11.4 Å². The second-order valence-electron chi connectivity index (χ2n) is 4.76. The zero-order chi connectivity index (χ0) is 16.4. The Morgan fingerprint density at radius 2 is 2.00 bits per heavy atom. The molecule has 118 valence electrons. The summed E-state index contributed by atoms with van der Waals surface area (Å²) in [4.78, 5) is 16.2. The largest absolute Gasteiger partial charge is 0.440 e. The summed E-state index contributed by atoms with van der Waals surface area (Å²) < 4.78 is 23.1. The van der Waals surface area contributed by atoms with Gasteiger partial charge in [0.15, 0.2) is 11.0 Å². The van der Waals surface area contributed by atoms with Crippen LogP contribution in [0.2, 0.25) is 5.22 Å². The Morgan fingerprint density at radius 3 is 2.65 bits per heavy atom. The molecule has 6 nitrogen and oxygen atoms in total. The molecular weight excluding hydrogens is 325 g/mol. The molecule has 1 N–H and O–H groups in total. The molecule has 0 spiro atoms. The molecule has 0 aliphatic carbocycles. The highest BCUT2D eigenvalue weighted by Gasteiger charge is 2.19. The highest BCUT2D eigenvalue weighted by molar-refractivity contribution is 6.29. The van der Waals surface area contributed by atoms with Gasteiger partial charge in [0.25, 0.3) is 5.91 Å². The van der Waals surface area contributed by atoms with Crippen molar-refractivity contribution in [1.29, 1.82) is 0 Å². The predicted octanol–water partition coefficient (Wildman–Crippen LogP) is 3.61. The molecule has 0 saturated heterocycles. The number of furan rings is 1. The van der Waals surface area contributed by atoms with E-state index in [2.05, 4.69) is 15.5 Å². The van der Waals surface area contributed by atoms with Gasteiger partial charge in [-0.05, 0) is 54.9 Å². The Hall–Kier alpha value is -2.67. The third kappa shape index (κ3) is 3.40. The van der Waals surface area contributed by atoms with Crippen molar-refractivity contribution in [2.75, 3.05) is 0 Å². The first-order valence-electron chi connectivity index (χ1n) is 6.68. The van der Waals surface area contributed by atoms with Crippen LogP contribution in [0.15, 0.2) is 45.3 Å². The Morgan fingerprint density at radius 1 is 1.26 bits per heavy atom. The Balaban J connectivity index is 1.72. The van der Waals surface area contributed by atoms with Crippen LogP contribution in [0.3, 0.4) is 0 Å². The summed E-state index contributed by atoms with van der Waals surface area (Å²) in [6.45, 7) is 1.68. The first-order chi connectivity index (χ1) is 11.0. The van der Waals surface area contributed by atoms with Crippen LogP contribution >= 0.6 is 11.6 Å². The molecule has 1 amide bonds. The molecule has 2 heterocycles. The number of halogens is 2. The number of aromatic nitrogens is 2. The summed E-state index contributed by atoms with van der Waals surface area (Å²) in [5.74, 6) is -0.196. The molecule has 0 aliphatic rings. The van der Waals surface area contributed by atoms with Crippen molar-refractivity contribution in [2.45, 2.75) is 13.0 Å². The van der Waals surface area contributed by atoms with Crippen molar-refractivity contribution in [3.05, 3.63) is 59.1 Å². The van der Waals surface area contributed by atoms with Crippen molar-refractivity contribution in [3.8, 4) is 11.4 Å². The number of hydrogen-bond acceptors (Lipinski definition) is 5. The maximum atomic E-state index is 12.9. The smallest absolute Gasteiger partial charge is 0.287 e. The van der Waals surface area contributed by atoms with E-state index >= 15 is 0 Å². The van der Waals surface area contributed by atoms with Crippen molar-refractivity contribution in [1.82, 2.24) is 15.5 Å². The summed E-state index contributed by atoms with van der Waals surface area (Å²) in [7, 11) is 0. The van der Waals surface area contributed by atoms with E-state index in [9.17, 15) is 9.18 Å². The third-order valence-corrected chi connectivity index (χ3v) is 3.26. The minimum atomic E-state index is -0.534. The van der Waals surface area contributed by atoms with E-state index in [0.717, 1.165) is 0 Å². The highest BCUT2D eigenvalue weighted by atomic mass is 35.5. The maximum absolute atomic E-state index is 12.9. The summed E-state index contributed by atoms with van der Waals surface area (Å²) >= 11 is 5.63. The van der Waals surface area contributed by atoms with E-state index in [-0.39, 0.29) is 22.7 Å². The van der Waals surface area contributed by atoms with Gasteiger partial charge in [-0.1, -0.05) is 5.16 Å². The van der Waals surface area contributed by atoms with Gasteiger partial charge in [-0.15, -0.1) is 0 Å². The fraction of sp³-hybridized carbons (Fsp3) is 0.133. The Bertz CT molecular complexity index is 829. The summed E-state index contributed by atoms with van der Waals surface area (Å²) in [5.41, 5.74) is 0.609. The van der Waals surface area contributed by atoms with Crippen molar-refractivity contribution in [2.24, 2.45) is 0 Å². The second kappa shape index (κ2) is 6.21. The second-order valence-corrected chi connectivity index (χ2v) is 5.13. The average molecular weight is 336 g/mol. The lowest BCUT2D eigenvalue weighted by Crippen LogP contribution is -2.26. The molecule has 23 heavy (non-hydrogen) atoms. The standard InChI is InChI=1S/C15H11ClFN3O3/c1-8(18-14(21)11-6-7-12(16)22-11)15-19-13(20-23-15)9-2-4-10(17)5-3-9/h2-8H,1H3,(H,18,21)/t8-/m1/s1. The number of benzene rings is 1. The molecule has 3 aromatic rings. The van der Waals surface area contributed by atoms with Gasteiger partial charge in [-0.3, -0.25) is 4.79 Å². The fourth-order valence-electron chi connectivity index (χ4n) is 1.89.